The van der Waals surface area contributed by atoms with Crippen LogP contribution < -0.4 is 5.32 Å². The molecule has 0 atom stereocenters. The van der Waals surface area contributed by atoms with Gasteiger partial charge >= 0.3 is 0 Å². The molecule has 0 aliphatic rings. The highest BCUT2D eigenvalue weighted by Crippen LogP contribution is 2.10. The van der Waals surface area contributed by atoms with Gasteiger partial charge in [-0.3, -0.25) is 5.32 Å². The molecule has 2 N–H and O–H groups in total. The Kier molecular flexibility index (Phi) is 4.26. The zero-order chi connectivity index (χ0) is 11.3. The number of sulfone groups is 1. The molecule has 1 aromatic rings. The first-order valence-electron chi connectivity index (χ1n) is 4.64. The van der Waals surface area contributed by atoms with Crippen LogP contribution in [-0.2, 0) is 16.3 Å². The van der Waals surface area contributed by atoms with E-state index in [9.17, 15) is 8.42 Å². The topological polar surface area (TPSA) is 66.4 Å². The van der Waals surface area contributed by atoms with Crippen LogP contribution in [0.3, 0.4) is 0 Å². The van der Waals surface area contributed by atoms with Crippen molar-refractivity contribution < 1.29 is 13.5 Å². The van der Waals surface area contributed by atoms with Crippen molar-refractivity contribution in [2.75, 3.05) is 19.5 Å². The molecule has 0 saturated carbocycles. The molecule has 0 fully saturated rings. The minimum atomic E-state index is -3.10. The van der Waals surface area contributed by atoms with Gasteiger partial charge in [0.15, 0.2) is 9.84 Å². The van der Waals surface area contributed by atoms with E-state index in [-0.39, 0.29) is 6.73 Å². The van der Waals surface area contributed by atoms with Gasteiger partial charge < -0.3 is 5.11 Å². The van der Waals surface area contributed by atoms with Gasteiger partial charge in [0.05, 0.1) is 11.6 Å². The minimum absolute atomic E-state index is 0.0403. The zero-order valence-corrected chi connectivity index (χ0v) is 9.42. The van der Waals surface area contributed by atoms with Crippen molar-refractivity contribution in [3.8, 4) is 0 Å². The molecule has 1 aromatic carbocycles. The average molecular weight is 229 g/mol. The maximum Gasteiger partial charge on any atom is 0.175 e. The van der Waals surface area contributed by atoms with Gasteiger partial charge in [0.1, 0.15) is 0 Å². The number of hydrogen-bond acceptors (Lipinski definition) is 4. The van der Waals surface area contributed by atoms with E-state index < -0.39 is 9.84 Å². The van der Waals surface area contributed by atoms with E-state index in [4.69, 9.17) is 5.11 Å². The van der Waals surface area contributed by atoms with E-state index >= 15 is 0 Å². The van der Waals surface area contributed by atoms with Crippen molar-refractivity contribution in [1.29, 1.82) is 0 Å². The van der Waals surface area contributed by atoms with E-state index in [0.717, 1.165) is 12.0 Å². The third kappa shape index (κ3) is 3.99. The monoisotopic (exact) mass is 229 g/mol. The molecule has 0 spiro atoms. The number of aliphatic hydroxyl groups is 1. The van der Waals surface area contributed by atoms with Gasteiger partial charge in [0.25, 0.3) is 0 Å². The van der Waals surface area contributed by atoms with Gasteiger partial charge in [-0.05, 0) is 24.1 Å². The van der Waals surface area contributed by atoms with Crippen LogP contribution in [-0.4, -0.2) is 33.1 Å². The first-order valence-corrected chi connectivity index (χ1v) is 6.54. The van der Waals surface area contributed by atoms with Crippen molar-refractivity contribution in [3.63, 3.8) is 0 Å². The second-order valence-electron chi connectivity index (χ2n) is 3.32. The number of benzene rings is 1. The molecule has 0 aromatic heterocycles. The van der Waals surface area contributed by atoms with Crippen molar-refractivity contribution >= 4 is 9.84 Å². The first kappa shape index (κ1) is 12.2. The standard InChI is InChI=1S/C10H15NO3S/c1-15(13,14)10-4-2-9(3-5-10)6-7-11-8-12/h2-5,11-12H,6-8H2,1H3. The molecule has 1 rings (SSSR count). The van der Waals surface area contributed by atoms with E-state index in [1.807, 2.05) is 0 Å². The third-order valence-corrected chi connectivity index (χ3v) is 3.18. The Morgan fingerprint density at radius 1 is 1.27 bits per heavy atom. The summed E-state index contributed by atoms with van der Waals surface area (Å²) in [6.45, 7) is 0.635. The van der Waals surface area contributed by atoms with Crippen molar-refractivity contribution in [3.05, 3.63) is 29.8 Å². The fraction of sp³-hybridized carbons (Fsp3) is 0.400. The van der Waals surface area contributed by atoms with Crippen LogP contribution in [0.5, 0.6) is 0 Å². The predicted octanol–water partition coefficient (Wildman–Crippen LogP) is 0.172. The minimum Gasteiger partial charge on any atom is -0.381 e. The summed E-state index contributed by atoms with van der Waals surface area (Å²) < 4.78 is 22.3. The summed E-state index contributed by atoms with van der Waals surface area (Å²) >= 11 is 0. The third-order valence-electron chi connectivity index (χ3n) is 2.05. The van der Waals surface area contributed by atoms with Crippen molar-refractivity contribution in [2.45, 2.75) is 11.3 Å². The van der Waals surface area contributed by atoms with Crippen molar-refractivity contribution in [2.24, 2.45) is 0 Å². The maximum atomic E-state index is 11.2. The van der Waals surface area contributed by atoms with E-state index in [1.54, 1.807) is 24.3 Å². The van der Waals surface area contributed by atoms with E-state index in [0.29, 0.717) is 11.4 Å². The number of hydrogen-bond donors (Lipinski definition) is 2. The lowest BCUT2D eigenvalue weighted by Gasteiger charge is -2.03. The molecule has 0 aliphatic carbocycles. The van der Waals surface area contributed by atoms with Crippen LogP contribution in [0.4, 0.5) is 0 Å². The van der Waals surface area contributed by atoms with Crippen molar-refractivity contribution in [1.82, 2.24) is 5.32 Å². The Labute approximate surface area is 89.9 Å². The molecule has 5 heteroatoms. The summed E-state index contributed by atoms with van der Waals surface area (Å²) in [7, 11) is -3.10. The molecule has 15 heavy (non-hydrogen) atoms. The molecule has 0 amide bonds. The molecular formula is C10H15NO3S. The lowest BCUT2D eigenvalue weighted by molar-refractivity contribution is 0.262. The van der Waals surface area contributed by atoms with Crippen LogP contribution in [0, 0.1) is 0 Å². The van der Waals surface area contributed by atoms with Gasteiger partial charge in [-0.15, -0.1) is 0 Å². The molecule has 84 valence electrons. The lowest BCUT2D eigenvalue weighted by Crippen LogP contribution is -2.17. The highest BCUT2D eigenvalue weighted by molar-refractivity contribution is 7.90. The number of rotatable bonds is 5. The molecule has 0 radical (unpaired) electrons. The summed E-state index contributed by atoms with van der Waals surface area (Å²) in [5.41, 5.74) is 1.04. The molecule has 0 saturated heterocycles. The zero-order valence-electron chi connectivity index (χ0n) is 8.60. The van der Waals surface area contributed by atoms with Crippen LogP contribution in [0.2, 0.25) is 0 Å². The van der Waals surface area contributed by atoms with Gasteiger partial charge in [0.2, 0.25) is 0 Å². The summed E-state index contributed by atoms with van der Waals surface area (Å²) in [5.74, 6) is 0. The molecule has 4 nitrogen and oxygen atoms in total. The maximum absolute atomic E-state index is 11.2. The first-order chi connectivity index (χ1) is 7.04. The Morgan fingerprint density at radius 2 is 1.87 bits per heavy atom. The average Bonchev–Trinajstić information content (AvgIpc) is 2.18. The Hall–Kier alpha value is -0.910. The van der Waals surface area contributed by atoms with Gasteiger partial charge in [-0.2, -0.15) is 0 Å². The highest BCUT2D eigenvalue weighted by atomic mass is 32.2. The SMILES string of the molecule is CS(=O)(=O)c1ccc(CCNCO)cc1. The second-order valence-corrected chi connectivity index (χ2v) is 5.34. The van der Waals surface area contributed by atoms with Gasteiger partial charge in [-0.1, -0.05) is 12.1 Å². The Morgan fingerprint density at radius 3 is 2.33 bits per heavy atom. The van der Waals surface area contributed by atoms with E-state index in [2.05, 4.69) is 5.32 Å². The summed E-state index contributed by atoms with van der Waals surface area (Å²) in [5, 5.41) is 11.3. The molecular weight excluding hydrogens is 214 g/mol. The number of nitrogens with one attached hydrogen (secondary N) is 1. The van der Waals surface area contributed by atoms with Crippen LogP contribution in [0.25, 0.3) is 0 Å². The van der Waals surface area contributed by atoms with Gasteiger partial charge in [0, 0.05) is 12.8 Å². The normalized spacial score (nSPS) is 11.6. The quantitative estimate of drug-likeness (QED) is 0.558. The van der Waals surface area contributed by atoms with Crippen LogP contribution >= 0.6 is 0 Å². The summed E-state index contributed by atoms with van der Waals surface area (Å²) in [4.78, 5) is 0.335. The van der Waals surface area contributed by atoms with Crippen LogP contribution in [0.15, 0.2) is 29.2 Å². The lowest BCUT2D eigenvalue weighted by atomic mass is 10.1. The fourth-order valence-corrected chi connectivity index (χ4v) is 1.85. The summed E-state index contributed by atoms with van der Waals surface area (Å²) in [6.07, 6.45) is 1.96. The smallest absolute Gasteiger partial charge is 0.175 e. The van der Waals surface area contributed by atoms with Crippen LogP contribution in [0.1, 0.15) is 5.56 Å². The van der Waals surface area contributed by atoms with Gasteiger partial charge in [-0.25, -0.2) is 8.42 Å². The second kappa shape index (κ2) is 5.25. The highest BCUT2D eigenvalue weighted by Gasteiger charge is 2.05. The molecule has 0 aliphatic heterocycles. The number of aliphatic hydroxyl groups excluding tert-OH is 1. The molecule has 0 heterocycles. The largest absolute Gasteiger partial charge is 0.381 e. The Bertz CT molecular complexity index is 397. The molecule has 0 unspecified atom stereocenters. The fourth-order valence-electron chi connectivity index (χ4n) is 1.22. The predicted molar refractivity (Wildman–Crippen MR) is 58.3 cm³/mol. The molecule has 0 bridgehead atoms. The summed E-state index contributed by atoms with van der Waals surface area (Å²) in [6, 6.07) is 6.78. The van der Waals surface area contributed by atoms with E-state index in [1.165, 1.54) is 6.26 Å². The Balaban J connectivity index is 2.65.